The lowest BCUT2D eigenvalue weighted by atomic mass is 10.1. The summed E-state index contributed by atoms with van der Waals surface area (Å²) in [5.74, 6) is 0.944. The van der Waals surface area contributed by atoms with Gasteiger partial charge < -0.3 is 15.1 Å². The summed E-state index contributed by atoms with van der Waals surface area (Å²) in [6.07, 6.45) is 2.31. The first-order chi connectivity index (χ1) is 14.1. The van der Waals surface area contributed by atoms with E-state index in [-0.39, 0.29) is 0 Å². The average molecular weight is 414 g/mol. The summed E-state index contributed by atoms with van der Waals surface area (Å²) in [4.78, 5) is 13.1. The van der Waals surface area contributed by atoms with Crippen molar-refractivity contribution >= 4 is 17.3 Å². The fourth-order valence-electron chi connectivity index (χ4n) is 3.68. The van der Waals surface area contributed by atoms with Crippen molar-refractivity contribution in [3.8, 4) is 0 Å². The van der Waals surface area contributed by atoms with Crippen LogP contribution in [0.15, 0.2) is 46.8 Å². The molecule has 0 aliphatic carbocycles. The van der Waals surface area contributed by atoms with E-state index in [1.165, 1.54) is 42.1 Å². The first-order valence-corrected chi connectivity index (χ1v) is 11.4. The molecule has 1 aromatic carbocycles. The van der Waals surface area contributed by atoms with Crippen molar-refractivity contribution in [2.24, 2.45) is 4.99 Å². The molecule has 3 rings (SSSR count). The van der Waals surface area contributed by atoms with E-state index in [1.807, 2.05) is 18.4 Å². The second kappa shape index (κ2) is 11.3. The normalized spacial score (nSPS) is 16.6. The highest BCUT2D eigenvalue weighted by Gasteiger charge is 2.12. The Kier molecular flexibility index (Phi) is 8.52. The lowest BCUT2D eigenvalue weighted by Crippen LogP contribution is -2.39. The molecule has 0 bridgehead atoms. The predicted molar refractivity (Wildman–Crippen MR) is 125 cm³/mol. The quantitative estimate of drug-likeness (QED) is 0.559. The number of guanidine groups is 1. The van der Waals surface area contributed by atoms with Crippen LogP contribution in [-0.4, -0.2) is 74.5 Å². The second-order valence-electron chi connectivity index (χ2n) is 7.90. The van der Waals surface area contributed by atoms with Crippen LogP contribution in [0.2, 0.25) is 0 Å². The monoisotopic (exact) mass is 413 g/mol. The van der Waals surface area contributed by atoms with Crippen molar-refractivity contribution in [2.45, 2.75) is 25.9 Å². The molecule has 1 N–H and O–H groups in total. The van der Waals surface area contributed by atoms with E-state index in [1.54, 1.807) is 0 Å². The summed E-state index contributed by atoms with van der Waals surface area (Å²) in [6, 6.07) is 13.3. The van der Waals surface area contributed by atoms with Crippen molar-refractivity contribution in [1.82, 2.24) is 20.0 Å². The molecule has 2 aromatic rings. The van der Waals surface area contributed by atoms with Gasteiger partial charge in [0.1, 0.15) is 0 Å². The third-order valence-electron chi connectivity index (χ3n) is 5.54. The number of nitrogens with zero attached hydrogens (tertiary/aromatic N) is 4. The molecule has 0 radical (unpaired) electrons. The zero-order valence-corrected chi connectivity index (χ0v) is 18.9. The number of likely N-dealkylation sites (N-methyl/N-ethyl adjacent to an activating group) is 2. The molecule has 2 heterocycles. The van der Waals surface area contributed by atoms with Crippen molar-refractivity contribution in [3.05, 3.63) is 57.8 Å². The van der Waals surface area contributed by atoms with Gasteiger partial charge in [-0.25, -0.2) is 0 Å². The van der Waals surface area contributed by atoms with Crippen LogP contribution in [0.25, 0.3) is 0 Å². The number of nitrogens with one attached hydrogen (secondary N) is 1. The van der Waals surface area contributed by atoms with Crippen molar-refractivity contribution < 1.29 is 0 Å². The van der Waals surface area contributed by atoms with Crippen LogP contribution in [0, 0.1) is 0 Å². The molecular weight excluding hydrogens is 378 g/mol. The molecule has 0 spiro atoms. The van der Waals surface area contributed by atoms with E-state index in [9.17, 15) is 0 Å². The van der Waals surface area contributed by atoms with Crippen LogP contribution in [0.1, 0.15) is 22.4 Å². The Morgan fingerprint density at radius 1 is 1.10 bits per heavy atom. The molecule has 1 fully saturated rings. The van der Waals surface area contributed by atoms with Crippen molar-refractivity contribution in [3.63, 3.8) is 0 Å². The van der Waals surface area contributed by atoms with Crippen LogP contribution in [0.3, 0.4) is 0 Å². The highest BCUT2D eigenvalue weighted by molar-refractivity contribution is 7.09. The first kappa shape index (κ1) is 21.8. The summed E-state index contributed by atoms with van der Waals surface area (Å²) in [5, 5.41) is 5.63. The Balaban J connectivity index is 1.44. The molecule has 1 aliphatic heterocycles. The molecule has 6 heteroatoms. The summed E-state index contributed by atoms with van der Waals surface area (Å²) in [6.45, 7) is 7.55. The van der Waals surface area contributed by atoms with E-state index in [4.69, 9.17) is 0 Å². The maximum absolute atomic E-state index is 4.44. The maximum atomic E-state index is 4.44. The van der Waals surface area contributed by atoms with E-state index in [0.717, 1.165) is 38.6 Å². The smallest absolute Gasteiger partial charge is 0.193 e. The van der Waals surface area contributed by atoms with Gasteiger partial charge >= 0.3 is 0 Å². The molecule has 29 heavy (non-hydrogen) atoms. The lowest BCUT2D eigenvalue weighted by Gasteiger charge is -2.22. The average Bonchev–Trinajstić information content (AvgIpc) is 3.17. The van der Waals surface area contributed by atoms with Crippen LogP contribution >= 0.6 is 11.3 Å². The van der Waals surface area contributed by atoms with Crippen molar-refractivity contribution in [2.75, 3.05) is 53.9 Å². The Hall–Kier alpha value is -1.89. The van der Waals surface area contributed by atoms with Crippen LogP contribution in [-0.2, 0) is 19.5 Å². The van der Waals surface area contributed by atoms with E-state index < -0.39 is 0 Å². The molecule has 0 amide bonds. The van der Waals surface area contributed by atoms with Gasteiger partial charge in [0.15, 0.2) is 5.96 Å². The Morgan fingerprint density at radius 3 is 2.62 bits per heavy atom. The molecule has 5 nitrogen and oxygen atoms in total. The van der Waals surface area contributed by atoms with Gasteiger partial charge in [0, 0.05) is 51.7 Å². The summed E-state index contributed by atoms with van der Waals surface area (Å²) < 4.78 is 0. The third-order valence-corrected chi connectivity index (χ3v) is 6.48. The first-order valence-electron chi connectivity index (χ1n) is 10.6. The standard InChI is InChI=1S/C23H35N5S/c1-24-23(27(3)14-11-22-6-4-17-29-22)25-18-20-7-9-21(10-8-20)19-28-13-5-12-26(2)15-16-28/h4,6-10,17H,5,11-16,18-19H2,1-3H3,(H,24,25). The minimum Gasteiger partial charge on any atom is -0.352 e. The number of benzene rings is 1. The van der Waals surface area contributed by atoms with Crippen LogP contribution in [0.4, 0.5) is 0 Å². The van der Waals surface area contributed by atoms with Crippen molar-refractivity contribution in [1.29, 1.82) is 0 Å². The van der Waals surface area contributed by atoms with Gasteiger partial charge in [-0.05, 0) is 55.6 Å². The van der Waals surface area contributed by atoms with E-state index in [0.29, 0.717) is 0 Å². The number of rotatable bonds is 7. The number of aliphatic imine (C=N–C) groups is 1. The Morgan fingerprint density at radius 2 is 1.90 bits per heavy atom. The molecule has 158 valence electrons. The van der Waals surface area contributed by atoms with Gasteiger partial charge in [0.2, 0.25) is 0 Å². The van der Waals surface area contributed by atoms with Gasteiger partial charge in [-0.1, -0.05) is 30.3 Å². The molecule has 1 saturated heterocycles. The molecule has 1 aromatic heterocycles. The topological polar surface area (TPSA) is 34.1 Å². The molecule has 0 atom stereocenters. The fourth-order valence-corrected chi connectivity index (χ4v) is 4.38. The number of hydrogen-bond acceptors (Lipinski definition) is 4. The van der Waals surface area contributed by atoms with Gasteiger partial charge in [0.25, 0.3) is 0 Å². The zero-order chi connectivity index (χ0) is 20.5. The summed E-state index contributed by atoms with van der Waals surface area (Å²) in [7, 11) is 6.18. The fraction of sp³-hybridized carbons (Fsp3) is 0.522. The molecule has 0 saturated carbocycles. The molecule has 1 aliphatic rings. The maximum Gasteiger partial charge on any atom is 0.193 e. The highest BCUT2D eigenvalue weighted by atomic mass is 32.1. The minimum atomic E-state index is 0.796. The summed E-state index contributed by atoms with van der Waals surface area (Å²) >= 11 is 1.82. The molecular formula is C23H35N5S. The largest absolute Gasteiger partial charge is 0.352 e. The van der Waals surface area contributed by atoms with Gasteiger partial charge in [0.05, 0.1) is 0 Å². The van der Waals surface area contributed by atoms with Gasteiger partial charge in [-0.15, -0.1) is 11.3 Å². The van der Waals surface area contributed by atoms with E-state index >= 15 is 0 Å². The summed E-state index contributed by atoms with van der Waals surface area (Å²) in [5.41, 5.74) is 2.69. The van der Waals surface area contributed by atoms with Crippen LogP contribution in [0.5, 0.6) is 0 Å². The Labute approximate surface area is 180 Å². The van der Waals surface area contributed by atoms with Gasteiger partial charge in [-0.3, -0.25) is 9.89 Å². The lowest BCUT2D eigenvalue weighted by molar-refractivity contribution is 0.269. The second-order valence-corrected chi connectivity index (χ2v) is 8.93. The molecule has 0 unspecified atom stereocenters. The van der Waals surface area contributed by atoms with E-state index in [2.05, 4.69) is 80.9 Å². The Bertz CT molecular complexity index is 741. The highest BCUT2D eigenvalue weighted by Crippen LogP contribution is 2.11. The third kappa shape index (κ3) is 7.14. The van der Waals surface area contributed by atoms with Crippen LogP contribution < -0.4 is 5.32 Å². The SMILES string of the molecule is CN=C(NCc1ccc(CN2CCCN(C)CC2)cc1)N(C)CCc1cccs1. The number of hydrogen-bond donors (Lipinski definition) is 1. The zero-order valence-electron chi connectivity index (χ0n) is 18.1. The van der Waals surface area contributed by atoms with Gasteiger partial charge in [-0.2, -0.15) is 0 Å². The predicted octanol–water partition coefficient (Wildman–Crippen LogP) is 3.14. The minimum absolute atomic E-state index is 0.796. The number of thiophene rings is 1.